The van der Waals surface area contributed by atoms with Gasteiger partial charge in [0.05, 0.1) is 6.42 Å². The fourth-order valence-corrected chi connectivity index (χ4v) is 4.34. The fourth-order valence-electron chi connectivity index (χ4n) is 3.92. The molecule has 1 unspecified atom stereocenters. The van der Waals surface area contributed by atoms with E-state index in [1.54, 1.807) is 25.1 Å². The molecule has 1 fully saturated rings. The van der Waals surface area contributed by atoms with Gasteiger partial charge in [-0.3, -0.25) is 9.59 Å². The monoisotopic (exact) mass is 464 g/mol. The largest absolute Gasteiger partial charge is 0.352 e. The summed E-state index contributed by atoms with van der Waals surface area (Å²) in [6.45, 7) is 1.83. The number of amides is 2. The predicted octanol–water partition coefficient (Wildman–Crippen LogP) is 5.54. The van der Waals surface area contributed by atoms with E-state index in [1.165, 1.54) is 23.5 Å². The van der Waals surface area contributed by atoms with Crippen molar-refractivity contribution in [1.29, 1.82) is 0 Å². The standard InChI is InChI=1S/C24H27Cl2FN2O2/c1-16(24(31)28-18-9-3-2-4-10-18)29(15-17-8-5-6-11-20(17)25)23(30)14-19-21(26)12-7-13-22(19)27/h5-8,11-13,16,18H,2-4,9-10,14-15H2,1H3,(H,28,31). The number of nitrogens with one attached hydrogen (secondary N) is 1. The Kier molecular flexibility index (Phi) is 8.33. The lowest BCUT2D eigenvalue weighted by Crippen LogP contribution is -2.50. The second kappa shape index (κ2) is 11.0. The van der Waals surface area contributed by atoms with E-state index in [0.29, 0.717) is 5.02 Å². The van der Waals surface area contributed by atoms with E-state index in [1.807, 2.05) is 12.1 Å². The van der Waals surface area contributed by atoms with Crippen LogP contribution in [0.3, 0.4) is 0 Å². The van der Waals surface area contributed by atoms with Crippen molar-refractivity contribution >= 4 is 35.0 Å². The van der Waals surface area contributed by atoms with Crippen LogP contribution < -0.4 is 5.32 Å². The molecule has 0 aliphatic heterocycles. The van der Waals surface area contributed by atoms with Gasteiger partial charge >= 0.3 is 0 Å². The zero-order valence-corrected chi connectivity index (χ0v) is 19.1. The van der Waals surface area contributed by atoms with Gasteiger partial charge in [-0.2, -0.15) is 0 Å². The summed E-state index contributed by atoms with van der Waals surface area (Å²) < 4.78 is 14.3. The molecule has 7 heteroatoms. The van der Waals surface area contributed by atoms with Crippen LogP contribution in [0.25, 0.3) is 0 Å². The normalized spacial score (nSPS) is 15.4. The lowest BCUT2D eigenvalue weighted by Gasteiger charge is -2.31. The number of benzene rings is 2. The average Bonchev–Trinajstić information content (AvgIpc) is 2.76. The third-order valence-electron chi connectivity index (χ3n) is 5.81. The third kappa shape index (κ3) is 6.20. The third-order valence-corrected chi connectivity index (χ3v) is 6.53. The Morgan fingerprint density at radius 3 is 2.42 bits per heavy atom. The molecule has 1 saturated carbocycles. The smallest absolute Gasteiger partial charge is 0.242 e. The zero-order valence-electron chi connectivity index (χ0n) is 17.5. The second-order valence-corrected chi connectivity index (χ2v) is 8.82. The molecule has 1 N–H and O–H groups in total. The van der Waals surface area contributed by atoms with Gasteiger partial charge in [0, 0.05) is 28.2 Å². The first-order valence-electron chi connectivity index (χ1n) is 10.6. The first kappa shape index (κ1) is 23.6. The number of halogens is 3. The molecule has 0 spiro atoms. The van der Waals surface area contributed by atoms with Crippen molar-refractivity contribution in [2.75, 3.05) is 0 Å². The minimum absolute atomic E-state index is 0.123. The summed E-state index contributed by atoms with van der Waals surface area (Å²) in [5.41, 5.74) is 0.840. The summed E-state index contributed by atoms with van der Waals surface area (Å²) in [5.74, 6) is -1.15. The molecule has 2 aromatic rings. The Morgan fingerprint density at radius 2 is 1.74 bits per heavy atom. The predicted molar refractivity (Wildman–Crippen MR) is 122 cm³/mol. The van der Waals surface area contributed by atoms with Crippen LogP contribution >= 0.6 is 23.2 Å². The quantitative estimate of drug-likeness (QED) is 0.584. The van der Waals surface area contributed by atoms with Gasteiger partial charge in [-0.25, -0.2) is 4.39 Å². The topological polar surface area (TPSA) is 49.4 Å². The maximum atomic E-state index is 14.3. The minimum atomic E-state index is -0.740. The van der Waals surface area contributed by atoms with Crippen LogP contribution in [0.1, 0.15) is 50.2 Å². The Hall–Kier alpha value is -2.11. The number of carbonyl (C=O) groups excluding carboxylic acids is 2. The minimum Gasteiger partial charge on any atom is -0.352 e. The molecule has 1 atom stereocenters. The van der Waals surface area contributed by atoms with Gasteiger partial charge < -0.3 is 10.2 Å². The van der Waals surface area contributed by atoms with Gasteiger partial charge in [-0.15, -0.1) is 0 Å². The van der Waals surface area contributed by atoms with Crippen molar-refractivity contribution in [3.63, 3.8) is 0 Å². The van der Waals surface area contributed by atoms with Gasteiger partial charge in [0.25, 0.3) is 0 Å². The number of hydrogen-bond donors (Lipinski definition) is 1. The van der Waals surface area contributed by atoms with Crippen molar-refractivity contribution in [1.82, 2.24) is 10.2 Å². The Balaban J connectivity index is 1.82. The molecule has 0 aromatic heterocycles. The van der Waals surface area contributed by atoms with Crippen molar-refractivity contribution in [2.45, 2.75) is 64.1 Å². The number of nitrogens with zero attached hydrogens (tertiary/aromatic N) is 1. The van der Waals surface area contributed by atoms with Gasteiger partial charge in [0.1, 0.15) is 11.9 Å². The lowest BCUT2D eigenvalue weighted by atomic mass is 9.95. The maximum Gasteiger partial charge on any atom is 0.242 e. The highest BCUT2D eigenvalue weighted by Gasteiger charge is 2.29. The van der Waals surface area contributed by atoms with Gasteiger partial charge in [-0.1, -0.05) is 66.7 Å². The molecular formula is C24H27Cl2FN2O2. The molecule has 2 aromatic carbocycles. The summed E-state index contributed by atoms with van der Waals surface area (Å²) in [5, 5.41) is 3.76. The highest BCUT2D eigenvalue weighted by atomic mass is 35.5. The number of rotatable bonds is 7. The Morgan fingerprint density at radius 1 is 1.06 bits per heavy atom. The Bertz CT molecular complexity index is 911. The molecule has 1 aliphatic rings. The molecule has 31 heavy (non-hydrogen) atoms. The van der Waals surface area contributed by atoms with E-state index in [4.69, 9.17) is 23.2 Å². The van der Waals surface area contributed by atoms with Crippen LogP contribution in [0.5, 0.6) is 0 Å². The van der Waals surface area contributed by atoms with E-state index < -0.39 is 17.8 Å². The summed E-state index contributed by atoms with van der Waals surface area (Å²) in [6, 6.07) is 10.9. The molecule has 1 aliphatic carbocycles. The SMILES string of the molecule is CC(C(=O)NC1CCCCC1)N(Cc1ccccc1Cl)C(=O)Cc1c(F)cccc1Cl. The lowest BCUT2D eigenvalue weighted by molar-refractivity contribution is -0.140. The van der Waals surface area contributed by atoms with Crippen LogP contribution in [-0.4, -0.2) is 28.8 Å². The molecule has 0 bridgehead atoms. The molecule has 4 nitrogen and oxygen atoms in total. The summed E-state index contributed by atoms with van der Waals surface area (Å²) in [4.78, 5) is 27.7. The number of hydrogen-bond acceptors (Lipinski definition) is 2. The zero-order chi connectivity index (χ0) is 22.4. The van der Waals surface area contributed by atoms with Crippen LogP contribution in [0.2, 0.25) is 10.0 Å². The summed E-state index contributed by atoms with van der Waals surface area (Å²) >= 11 is 12.4. The van der Waals surface area contributed by atoms with Crippen LogP contribution in [0, 0.1) is 5.82 Å². The highest BCUT2D eigenvalue weighted by Crippen LogP contribution is 2.24. The van der Waals surface area contributed by atoms with Crippen molar-refractivity contribution in [3.8, 4) is 0 Å². The highest BCUT2D eigenvalue weighted by molar-refractivity contribution is 6.31. The summed E-state index contributed by atoms with van der Waals surface area (Å²) in [7, 11) is 0. The molecule has 166 valence electrons. The van der Waals surface area contributed by atoms with Crippen LogP contribution in [0.4, 0.5) is 4.39 Å². The maximum absolute atomic E-state index is 14.3. The van der Waals surface area contributed by atoms with Crippen molar-refractivity contribution in [2.24, 2.45) is 0 Å². The van der Waals surface area contributed by atoms with Crippen LogP contribution in [-0.2, 0) is 22.6 Å². The number of carbonyl (C=O) groups is 2. The first-order valence-corrected chi connectivity index (χ1v) is 11.4. The summed E-state index contributed by atoms with van der Waals surface area (Å²) in [6.07, 6.45) is 5.02. The van der Waals surface area contributed by atoms with Gasteiger partial charge in [0.2, 0.25) is 11.8 Å². The van der Waals surface area contributed by atoms with E-state index in [2.05, 4.69) is 5.32 Å². The molecule has 2 amide bonds. The van der Waals surface area contributed by atoms with E-state index >= 15 is 0 Å². The Labute approximate surface area is 192 Å². The van der Waals surface area contributed by atoms with Crippen molar-refractivity contribution < 1.29 is 14.0 Å². The van der Waals surface area contributed by atoms with Crippen molar-refractivity contribution in [3.05, 3.63) is 69.5 Å². The molecule has 0 heterocycles. The van der Waals surface area contributed by atoms with E-state index in [-0.39, 0.29) is 35.5 Å². The molecule has 3 rings (SSSR count). The molecular weight excluding hydrogens is 438 g/mol. The van der Waals surface area contributed by atoms with E-state index in [9.17, 15) is 14.0 Å². The first-order chi connectivity index (χ1) is 14.9. The average molecular weight is 465 g/mol. The van der Waals surface area contributed by atoms with E-state index in [0.717, 1.165) is 31.2 Å². The van der Waals surface area contributed by atoms with Gasteiger partial charge in [0.15, 0.2) is 0 Å². The molecule has 0 saturated heterocycles. The fraction of sp³-hybridized carbons (Fsp3) is 0.417. The second-order valence-electron chi connectivity index (χ2n) is 8.01. The van der Waals surface area contributed by atoms with Gasteiger partial charge in [-0.05, 0) is 43.5 Å². The molecule has 0 radical (unpaired) electrons. The van der Waals surface area contributed by atoms with Crippen LogP contribution in [0.15, 0.2) is 42.5 Å².